The predicted molar refractivity (Wildman–Crippen MR) is 114 cm³/mol. The van der Waals surface area contributed by atoms with Gasteiger partial charge in [0, 0.05) is 41.6 Å². The molecule has 3 aromatic rings. The van der Waals surface area contributed by atoms with Crippen LogP contribution in [-0.2, 0) is 5.66 Å². The molecule has 152 valence electrons. The molecule has 0 saturated carbocycles. The van der Waals surface area contributed by atoms with Crippen LogP contribution in [0.5, 0.6) is 5.75 Å². The molecule has 1 atom stereocenters. The molecular formula is C22H18ClN3O3S. The van der Waals surface area contributed by atoms with E-state index >= 15 is 0 Å². The molecule has 4 heterocycles. The zero-order chi connectivity index (χ0) is 20.9. The van der Waals surface area contributed by atoms with Gasteiger partial charge in [0.05, 0.1) is 12.2 Å². The van der Waals surface area contributed by atoms with Crippen molar-refractivity contribution in [2.24, 2.45) is 0 Å². The number of hydrogen-bond acceptors (Lipinski definition) is 5. The lowest BCUT2D eigenvalue weighted by Crippen LogP contribution is -2.51. The third-order valence-corrected chi connectivity index (χ3v) is 6.75. The van der Waals surface area contributed by atoms with Crippen molar-refractivity contribution >= 4 is 34.8 Å². The normalized spacial score (nSPS) is 19.7. The topological polar surface area (TPSA) is 62.7 Å². The molecule has 0 aliphatic carbocycles. The Morgan fingerprint density at radius 2 is 2.03 bits per heavy atom. The molecule has 1 unspecified atom stereocenters. The molecule has 1 saturated heterocycles. The number of ether oxygens (including phenoxy) is 1. The van der Waals surface area contributed by atoms with Crippen LogP contribution in [0.25, 0.3) is 0 Å². The Bertz CT molecular complexity index is 1150. The Balaban J connectivity index is 1.72. The molecule has 2 aliphatic heterocycles. The lowest BCUT2D eigenvalue weighted by Gasteiger charge is -2.40. The number of aromatic nitrogens is 1. The SMILES string of the molecule is CCOc1ccsc1C(=O)N1CCN2C(=O)c3ccncc3C21c1ccc(Cl)cc1. The van der Waals surface area contributed by atoms with Crippen LogP contribution in [0.2, 0.25) is 5.02 Å². The molecule has 6 nitrogen and oxygen atoms in total. The van der Waals surface area contributed by atoms with Crippen LogP contribution in [0.4, 0.5) is 0 Å². The molecule has 2 aromatic heterocycles. The van der Waals surface area contributed by atoms with Gasteiger partial charge >= 0.3 is 0 Å². The average Bonchev–Trinajstić information content (AvgIpc) is 3.44. The molecule has 2 aliphatic rings. The standard InChI is InChI=1S/C22H18ClN3O3S/c1-2-29-18-8-12-30-19(18)21(28)26-11-10-25-20(27)16-7-9-24-13-17(16)22(25,26)14-3-5-15(23)6-4-14/h3-9,12-13H,2,10-11H2,1H3. The Kier molecular flexibility index (Phi) is 4.52. The summed E-state index contributed by atoms with van der Waals surface area (Å²) in [6.45, 7) is 3.19. The molecule has 2 amide bonds. The summed E-state index contributed by atoms with van der Waals surface area (Å²) in [5, 5.41) is 2.43. The highest BCUT2D eigenvalue weighted by Crippen LogP contribution is 2.50. The van der Waals surface area contributed by atoms with E-state index in [1.165, 1.54) is 11.3 Å². The minimum atomic E-state index is -1.06. The van der Waals surface area contributed by atoms with Gasteiger partial charge in [-0.1, -0.05) is 23.7 Å². The predicted octanol–water partition coefficient (Wildman–Crippen LogP) is 4.01. The molecule has 0 bridgehead atoms. The lowest BCUT2D eigenvalue weighted by molar-refractivity contribution is 0.0376. The van der Waals surface area contributed by atoms with Gasteiger partial charge in [-0.2, -0.15) is 0 Å². The second-order valence-electron chi connectivity index (χ2n) is 7.06. The molecule has 1 aromatic carbocycles. The number of thiophene rings is 1. The maximum atomic E-state index is 13.8. The van der Waals surface area contributed by atoms with Crippen molar-refractivity contribution in [2.45, 2.75) is 12.6 Å². The Morgan fingerprint density at radius 3 is 2.80 bits per heavy atom. The number of pyridine rings is 1. The molecular weight excluding hydrogens is 422 g/mol. The molecule has 0 radical (unpaired) electrons. The highest BCUT2D eigenvalue weighted by atomic mass is 35.5. The highest BCUT2D eigenvalue weighted by molar-refractivity contribution is 7.12. The summed E-state index contributed by atoms with van der Waals surface area (Å²) in [7, 11) is 0. The maximum absolute atomic E-state index is 13.8. The van der Waals surface area contributed by atoms with Gasteiger partial charge in [-0.15, -0.1) is 11.3 Å². The van der Waals surface area contributed by atoms with Gasteiger partial charge in [0.15, 0.2) is 5.66 Å². The van der Waals surface area contributed by atoms with E-state index in [0.29, 0.717) is 46.5 Å². The first-order valence-electron chi connectivity index (χ1n) is 9.63. The minimum absolute atomic E-state index is 0.103. The second kappa shape index (κ2) is 7.11. The largest absolute Gasteiger partial charge is 0.492 e. The second-order valence-corrected chi connectivity index (χ2v) is 8.41. The lowest BCUT2D eigenvalue weighted by atomic mass is 9.91. The number of carbonyl (C=O) groups is 2. The van der Waals surface area contributed by atoms with Crippen molar-refractivity contribution in [1.82, 2.24) is 14.8 Å². The summed E-state index contributed by atoms with van der Waals surface area (Å²) in [5.41, 5.74) is 1.01. The fraction of sp³-hybridized carbons (Fsp3) is 0.227. The summed E-state index contributed by atoms with van der Waals surface area (Å²) in [5.74, 6) is 0.289. The first kappa shape index (κ1) is 19.1. The Labute approximate surface area is 182 Å². The third-order valence-electron chi connectivity index (χ3n) is 5.62. The van der Waals surface area contributed by atoms with Gasteiger partial charge in [-0.05, 0) is 36.6 Å². The van der Waals surface area contributed by atoms with Crippen LogP contribution in [-0.4, -0.2) is 46.3 Å². The summed E-state index contributed by atoms with van der Waals surface area (Å²) < 4.78 is 5.67. The number of nitrogens with zero attached hydrogens (tertiary/aromatic N) is 3. The van der Waals surface area contributed by atoms with Gasteiger partial charge in [0.2, 0.25) is 0 Å². The van der Waals surface area contributed by atoms with Crippen molar-refractivity contribution in [3.8, 4) is 5.75 Å². The van der Waals surface area contributed by atoms with Gasteiger partial charge in [0.1, 0.15) is 10.6 Å². The van der Waals surface area contributed by atoms with Crippen LogP contribution >= 0.6 is 22.9 Å². The number of fused-ring (bicyclic) bond motifs is 3. The van der Waals surface area contributed by atoms with E-state index in [2.05, 4.69) is 4.98 Å². The average molecular weight is 440 g/mol. The van der Waals surface area contributed by atoms with E-state index in [1.807, 2.05) is 24.4 Å². The number of carbonyl (C=O) groups excluding carboxylic acids is 2. The van der Waals surface area contributed by atoms with E-state index < -0.39 is 5.66 Å². The molecule has 5 rings (SSSR count). The van der Waals surface area contributed by atoms with Crippen molar-refractivity contribution in [2.75, 3.05) is 19.7 Å². The van der Waals surface area contributed by atoms with Crippen molar-refractivity contribution in [1.29, 1.82) is 0 Å². The number of hydrogen-bond donors (Lipinski definition) is 0. The van der Waals surface area contributed by atoms with E-state index in [4.69, 9.17) is 16.3 Å². The third kappa shape index (κ3) is 2.52. The first-order valence-corrected chi connectivity index (χ1v) is 10.9. The fourth-order valence-electron chi connectivity index (χ4n) is 4.46. The maximum Gasteiger partial charge on any atom is 0.270 e. The van der Waals surface area contributed by atoms with E-state index in [-0.39, 0.29) is 11.8 Å². The van der Waals surface area contributed by atoms with E-state index in [0.717, 1.165) is 5.56 Å². The molecule has 8 heteroatoms. The molecule has 0 N–H and O–H groups in total. The minimum Gasteiger partial charge on any atom is -0.492 e. The van der Waals surface area contributed by atoms with Crippen LogP contribution in [0, 0.1) is 0 Å². The van der Waals surface area contributed by atoms with Gasteiger partial charge < -0.3 is 14.5 Å². The van der Waals surface area contributed by atoms with Crippen LogP contribution in [0.15, 0.2) is 54.2 Å². The summed E-state index contributed by atoms with van der Waals surface area (Å²) in [6.07, 6.45) is 3.29. The van der Waals surface area contributed by atoms with Crippen LogP contribution < -0.4 is 4.74 Å². The van der Waals surface area contributed by atoms with Gasteiger partial charge in [0.25, 0.3) is 11.8 Å². The Hall–Kier alpha value is -2.90. The number of amides is 2. The van der Waals surface area contributed by atoms with Crippen LogP contribution in [0.3, 0.4) is 0 Å². The van der Waals surface area contributed by atoms with Gasteiger partial charge in [-0.3, -0.25) is 14.6 Å². The zero-order valence-electron chi connectivity index (χ0n) is 16.2. The van der Waals surface area contributed by atoms with Crippen molar-refractivity contribution in [3.05, 3.63) is 80.8 Å². The monoisotopic (exact) mass is 439 g/mol. The highest BCUT2D eigenvalue weighted by Gasteiger charge is 2.60. The van der Waals surface area contributed by atoms with Crippen molar-refractivity contribution < 1.29 is 14.3 Å². The summed E-state index contributed by atoms with van der Waals surface area (Å²) >= 11 is 7.48. The Morgan fingerprint density at radius 1 is 1.23 bits per heavy atom. The van der Waals surface area contributed by atoms with Crippen molar-refractivity contribution in [3.63, 3.8) is 0 Å². The first-order chi connectivity index (χ1) is 14.6. The summed E-state index contributed by atoms with van der Waals surface area (Å²) in [4.78, 5) is 35.4. The number of benzene rings is 1. The zero-order valence-corrected chi connectivity index (χ0v) is 17.7. The quantitative estimate of drug-likeness (QED) is 0.616. The fourth-order valence-corrected chi connectivity index (χ4v) is 5.36. The van der Waals surface area contributed by atoms with Crippen LogP contribution in [0.1, 0.15) is 38.1 Å². The number of halogens is 1. The molecule has 0 spiro atoms. The van der Waals surface area contributed by atoms with E-state index in [9.17, 15) is 9.59 Å². The van der Waals surface area contributed by atoms with Gasteiger partial charge in [-0.25, -0.2) is 0 Å². The molecule has 30 heavy (non-hydrogen) atoms. The molecule has 1 fully saturated rings. The summed E-state index contributed by atoms with van der Waals surface area (Å²) in [6, 6.07) is 10.8. The van der Waals surface area contributed by atoms with E-state index in [1.54, 1.807) is 46.5 Å². The smallest absolute Gasteiger partial charge is 0.270 e. The number of rotatable bonds is 4.